The normalized spacial score (nSPS) is 14.1. The third kappa shape index (κ3) is 11.2. The fourth-order valence-corrected chi connectivity index (χ4v) is 3.43. The highest BCUT2D eigenvalue weighted by atomic mass is 32.2. The maximum absolute atomic E-state index is 12.9. The van der Waals surface area contributed by atoms with Crippen LogP contribution in [0.2, 0.25) is 0 Å². The summed E-state index contributed by atoms with van der Waals surface area (Å²) in [5.74, 6) is -5.65. The number of carbonyl (C=O) groups excluding carboxylic acids is 4. The number of aromatic amines is 1. The molecule has 10 N–H and O–H groups in total. The number of aliphatic carboxylic acids is 2. The van der Waals surface area contributed by atoms with E-state index in [2.05, 4.69) is 25.9 Å². The molecule has 4 atom stereocenters. The van der Waals surface area contributed by atoms with Gasteiger partial charge >= 0.3 is 11.9 Å². The molecule has 0 saturated heterocycles. The Labute approximate surface area is 210 Å². The minimum atomic E-state index is -1.61. The van der Waals surface area contributed by atoms with E-state index in [9.17, 15) is 39.0 Å². The van der Waals surface area contributed by atoms with Gasteiger partial charge in [-0.2, -0.15) is 11.8 Å². The molecule has 15 nitrogen and oxygen atoms in total. The van der Waals surface area contributed by atoms with E-state index in [0.29, 0.717) is 11.4 Å². The zero-order valence-corrected chi connectivity index (χ0v) is 20.4. The molecule has 0 aliphatic heterocycles. The molecule has 0 spiro atoms. The summed E-state index contributed by atoms with van der Waals surface area (Å²) in [5, 5.41) is 25.5. The second-order valence-corrected chi connectivity index (χ2v) is 8.78. The van der Waals surface area contributed by atoms with Gasteiger partial charge in [0.15, 0.2) is 0 Å². The molecule has 1 aromatic heterocycles. The van der Waals surface area contributed by atoms with Crippen LogP contribution in [0.1, 0.15) is 31.4 Å². The zero-order valence-electron chi connectivity index (χ0n) is 19.6. The third-order valence-corrected chi connectivity index (χ3v) is 5.53. The Bertz CT molecular complexity index is 927. The van der Waals surface area contributed by atoms with Gasteiger partial charge in [-0.05, 0) is 24.9 Å². The molecule has 16 heteroatoms. The summed E-state index contributed by atoms with van der Waals surface area (Å²) in [6, 6.07) is -5.40. The van der Waals surface area contributed by atoms with Crippen LogP contribution in [-0.2, 0) is 35.2 Å². The Balaban J connectivity index is 3.03. The number of thioether (sulfide) groups is 1. The van der Waals surface area contributed by atoms with Gasteiger partial charge in [0.05, 0.1) is 18.8 Å². The molecule has 0 radical (unpaired) electrons. The Morgan fingerprint density at radius 2 is 1.61 bits per heavy atom. The van der Waals surface area contributed by atoms with Gasteiger partial charge in [-0.3, -0.25) is 24.0 Å². The summed E-state index contributed by atoms with van der Waals surface area (Å²) in [6.07, 6.45) is 3.36. The number of carboxylic acid groups (broad SMARTS) is 2. The smallest absolute Gasteiger partial charge is 0.326 e. The van der Waals surface area contributed by atoms with Crippen molar-refractivity contribution in [1.82, 2.24) is 25.9 Å². The number of H-pyrrole nitrogens is 1. The van der Waals surface area contributed by atoms with Gasteiger partial charge in [0.1, 0.15) is 18.1 Å². The van der Waals surface area contributed by atoms with E-state index in [1.54, 1.807) is 6.26 Å². The lowest BCUT2D eigenvalue weighted by molar-refractivity contribution is -0.143. The number of amides is 4. The number of rotatable bonds is 17. The second-order valence-electron chi connectivity index (χ2n) is 7.79. The molecule has 1 rings (SSSR count). The van der Waals surface area contributed by atoms with Crippen LogP contribution in [-0.4, -0.2) is 91.9 Å². The molecular weight excluding hydrogens is 498 g/mol. The number of carboxylic acids is 2. The highest BCUT2D eigenvalue weighted by molar-refractivity contribution is 7.98. The lowest BCUT2D eigenvalue weighted by Crippen LogP contribution is -2.58. The predicted octanol–water partition coefficient (Wildman–Crippen LogP) is -2.69. The van der Waals surface area contributed by atoms with Crippen LogP contribution in [0.4, 0.5) is 0 Å². The molecule has 4 amide bonds. The van der Waals surface area contributed by atoms with Crippen molar-refractivity contribution in [3.8, 4) is 0 Å². The molecule has 0 aliphatic carbocycles. The number of primary amides is 1. The summed E-state index contributed by atoms with van der Waals surface area (Å²) in [7, 11) is 0. The highest BCUT2D eigenvalue weighted by Gasteiger charge is 2.31. The Morgan fingerprint density at radius 1 is 1.00 bits per heavy atom. The minimum absolute atomic E-state index is 0.125. The van der Waals surface area contributed by atoms with E-state index in [4.69, 9.17) is 11.5 Å². The van der Waals surface area contributed by atoms with Gasteiger partial charge in [-0.25, -0.2) is 9.78 Å². The van der Waals surface area contributed by atoms with Gasteiger partial charge in [-0.1, -0.05) is 0 Å². The molecule has 200 valence electrons. The monoisotopic (exact) mass is 529 g/mol. The molecule has 0 aliphatic rings. The number of carbonyl (C=O) groups is 6. The van der Waals surface area contributed by atoms with E-state index < -0.39 is 66.2 Å². The largest absolute Gasteiger partial charge is 0.481 e. The molecule has 0 bridgehead atoms. The van der Waals surface area contributed by atoms with E-state index in [1.165, 1.54) is 24.3 Å². The van der Waals surface area contributed by atoms with E-state index in [0.717, 1.165) is 0 Å². The van der Waals surface area contributed by atoms with E-state index in [-0.39, 0.29) is 25.7 Å². The molecule has 0 aromatic carbocycles. The molecule has 36 heavy (non-hydrogen) atoms. The van der Waals surface area contributed by atoms with Crippen LogP contribution < -0.4 is 27.4 Å². The number of nitrogens with one attached hydrogen (secondary N) is 4. The SMILES string of the molecule is CSCCC(NC(=O)C(Cc1cnc[nH]1)NC(=O)C(CC(=O)O)NC(=O)C(N)CCC(N)=O)C(=O)O. The number of hydrogen-bond donors (Lipinski definition) is 8. The maximum atomic E-state index is 12.9. The van der Waals surface area contributed by atoms with Crippen LogP contribution in [0, 0.1) is 0 Å². The van der Waals surface area contributed by atoms with Crippen molar-refractivity contribution in [3.63, 3.8) is 0 Å². The van der Waals surface area contributed by atoms with Crippen molar-refractivity contribution in [2.24, 2.45) is 11.5 Å². The van der Waals surface area contributed by atoms with Gasteiger partial charge in [0.2, 0.25) is 23.6 Å². The van der Waals surface area contributed by atoms with Crippen molar-refractivity contribution in [1.29, 1.82) is 0 Å². The number of hydrogen-bond acceptors (Lipinski definition) is 9. The van der Waals surface area contributed by atoms with E-state index >= 15 is 0 Å². The molecule has 0 fully saturated rings. The standard InChI is InChI=1S/C20H31N7O8S/c1-36-5-4-12(20(34)35)25-18(32)13(6-10-8-23-9-24-10)27-19(33)14(7-16(29)30)26-17(31)11(21)2-3-15(22)28/h8-9,11-14H,2-7,21H2,1H3,(H2,22,28)(H,23,24)(H,25,32)(H,26,31)(H,27,33)(H,29,30)(H,34,35). The van der Waals surface area contributed by atoms with Gasteiger partial charge in [0, 0.05) is 24.7 Å². The first-order chi connectivity index (χ1) is 16.9. The van der Waals surface area contributed by atoms with Crippen molar-refractivity contribution >= 4 is 47.3 Å². The summed E-state index contributed by atoms with van der Waals surface area (Å²) in [6.45, 7) is 0. The molecular formula is C20H31N7O8S. The summed E-state index contributed by atoms with van der Waals surface area (Å²) in [4.78, 5) is 78.5. The van der Waals surface area contributed by atoms with Crippen LogP contribution in [0.25, 0.3) is 0 Å². The number of nitrogens with zero attached hydrogens (tertiary/aromatic N) is 1. The molecule has 1 heterocycles. The fraction of sp³-hybridized carbons (Fsp3) is 0.550. The summed E-state index contributed by atoms with van der Waals surface area (Å²) < 4.78 is 0. The zero-order chi connectivity index (χ0) is 27.3. The van der Waals surface area contributed by atoms with Crippen molar-refractivity contribution in [3.05, 3.63) is 18.2 Å². The highest BCUT2D eigenvalue weighted by Crippen LogP contribution is 2.06. The van der Waals surface area contributed by atoms with Gasteiger partial charge in [-0.15, -0.1) is 0 Å². The summed E-state index contributed by atoms with van der Waals surface area (Å²) >= 11 is 1.39. The number of nitrogens with two attached hydrogens (primary N) is 2. The predicted molar refractivity (Wildman–Crippen MR) is 127 cm³/mol. The number of imidazole rings is 1. The Kier molecular flexibility index (Phi) is 13.0. The molecule has 0 saturated carbocycles. The first-order valence-electron chi connectivity index (χ1n) is 10.8. The average Bonchev–Trinajstić information content (AvgIpc) is 3.31. The molecule has 1 aromatic rings. The van der Waals surface area contributed by atoms with Gasteiger partial charge < -0.3 is 42.6 Å². The average molecular weight is 530 g/mol. The second kappa shape index (κ2) is 15.4. The van der Waals surface area contributed by atoms with Crippen LogP contribution >= 0.6 is 11.8 Å². The van der Waals surface area contributed by atoms with Crippen LogP contribution in [0.5, 0.6) is 0 Å². The maximum Gasteiger partial charge on any atom is 0.326 e. The van der Waals surface area contributed by atoms with Gasteiger partial charge in [0.25, 0.3) is 0 Å². The minimum Gasteiger partial charge on any atom is -0.481 e. The van der Waals surface area contributed by atoms with Crippen molar-refractivity contribution in [2.75, 3.05) is 12.0 Å². The van der Waals surface area contributed by atoms with Crippen LogP contribution in [0.3, 0.4) is 0 Å². The topological polar surface area (TPSA) is 260 Å². The van der Waals surface area contributed by atoms with Crippen molar-refractivity contribution < 1.29 is 39.0 Å². The summed E-state index contributed by atoms with van der Waals surface area (Å²) in [5.41, 5.74) is 11.1. The fourth-order valence-electron chi connectivity index (χ4n) is 2.95. The quantitative estimate of drug-likeness (QED) is 0.103. The molecule has 4 unspecified atom stereocenters. The Morgan fingerprint density at radius 3 is 2.14 bits per heavy atom. The van der Waals surface area contributed by atoms with E-state index in [1.807, 2.05) is 0 Å². The number of aromatic nitrogens is 2. The van der Waals surface area contributed by atoms with Crippen molar-refractivity contribution in [2.45, 2.75) is 56.3 Å². The lowest BCUT2D eigenvalue weighted by atomic mass is 10.1. The first-order valence-corrected chi connectivity index (χ1v) is 12.2. The third-order valence-electron chi connectivity index (χ3n) is 4.89. The lowest BCUT2D eigenvalue weighted by Gasteiger charge is -2.24. The first kappa shape index (κ1) is 30.4. The van der Waals surface area contributed by atoms with Crippen LogP contribution in [0.15, 0.2) is 12.5 Å². The Hall–Kier alpha value is -3.66.